The molecule has 10 heteroatoms. The van der Waals surface area contributed by atoms with Crippen molar-refractivity contribution >= 4 is 36.8 Å². The van der Waals surface area contributed by atoms with Crippen LogP contribution < -0.4 is 0 Å². The van der Waals surface area contributed by atoms with Crippen LogP contribution in [0.1, 0.15) is 44.4 Å². The number of hydrogen-bond acceptors (Lipinski definition) is 6. The molecule has 8 nitrogen and oxygen atoms in total. The lowest BCUT2D eigenvalue weighted by Gasteiger charge is -2.42. The van der Waals surface area contributed by atoms with Crippen LogP contribution in [0.15, 0.2) is 27.5 Å². The standard InChI is InChI=1S/C20H25NO7S2/c1-20(2)18(19(22)23)21(10-11-29(20,24)25)30(26,27)13-8-9-15-14-6-4-3-5-7-16(14)28-17(15)12-13/h8-9,12,18H,3-7,10-11H2,1-2H3,(H,22,23). The molecule has 1 N–H and O–H groups in total. The molecule has 2 aromatic rings. The number of furan rings is 1. The summed E-state index contributed by atoms with van der Waals surface area (Å²) in [7, 11) is -8.03. The van der Waals surface area contributed by atoms with E-state index >= 15 is 0 Å². The van der Waals surface area contributed by atoms with Crippen molar-refractivity contribution in [3.8, 4) is 0 Å². The molecule has 4 rings (SSSR count). The van der Waals surface area contributed by atoms with E-state index in [9.17, 15) is 26.7 Å². The van der Waals surface area contributed by atoms with Crippen molar-refractivity contribution < 1.29 is 31.2 Å². The van der Waals surface area contributed by atoms with Gasteiger partial charge in [-0.3, -0.25) is 4.79 Å². The highest BCUT2D eigenvalue weighted by Crippen LogP contribution is 2.37. The summed E-state index contributed by atoms with van der Waals surface area (Å²) in [5.41, 5.74) is 1.57. The number of aliphatic carboxylic acids is 1. The molecule has 1 aliphatic carbocycles. The summed E-state index contributed by atoms with van der Waals surface area (Å²) < 4.78 is 56.6. The number of aryl methyl sites for hydroxylation is 2. The third-order valence-electron chi connectivity index (χ3n) is 6.35. The van der Waals surface area contributed by atoms with E-state index < -0.39 is 48.9 Å². The van der Waals surface area contributed by atoms with E-state index in [1.54, 1.807) is 6.07 Å². The van der Waals surface area contributed by atoms with Crippen LogP contribution in [0, 0.1) is 0 Å². The van der Waals surface area contributed by atoms with Crippen molar-refractivity contribution in [1.82, 2.24) is 4.31 Å². The zero-order chi connectivity index (χ0) is 21.9. The lowest BCUT2D eigenvalue weighted by Crippen LogP contribution is -2.64. The van der Waals surface area contributed by atoms with Gasteiger partial charge in [0.25, 0.3) is 0 Å². The summed E-state index contributed by atoms with van der Waals surface area (Å²) in [6, 6.07) is 2.87. The highest BCUT2D eigenvalue weighted by molar-refractivity contribution is 7.93. The van der Waals surface area contributed by atoms with Crippen LogP contribution in [0.2, 0.25) is 0 Å². The molecule has 1 aliphatic heterocycles. The van der Waals surface area contributed by atoms with E-state index in [4.69, 9.17) is 4.42 Å². The molecule has 2 heterocycles. The smallest absolute Gasteiger partial charge is 0.323 e. The van der Waals surface area contributed by atoms with Gasteiger partial charge in [-0.2, -0.15) is 4.31 Å². The lowest BCUT2D eigenvalue weighted by molar-refractivity contribution is -0.142. The Morgan fingerprint density at radius 2 is 1.90 bits per heavy atom. The number of sulfonamides is 1. The molecular formula is C20H25NO7S2. The van der Waals surface area contributed by atoms with E-state index in [2.05, 4.69) is 0 Å². The van der Waals surface area contributed by atoms with Gasteiger partial charge in [-0.15, -0.1) is 0 Å². The average molecular weight is 456 g/mol. The predicted octanol–water partition coefficient (Wildman–Crippen LogP) is 2.35. The first-order valence-electron chi connectivity index (χ1n) is 9.98. The number of hydrogen-bond donors (Lipinski definition) is 1. The van der Waals surface area contributed by atoms with Crippen LogP contribution in [-0.2, 0) is 37.5 Å². The van der Waals surface area contributed by atoms with E-state index in [0.29, 0.717) is 5.58 Å². The Balaban J connectivity index is 1.79. The van der Waals surface area contributed by atoms with Crippen LogP contribution in [0.4, 0.5) is 0 Å². The molecular weight excluding hydrogens is 430 g/mol. The summed E-state index contributed by atoms with van der Waals surface area (Å²) in [5.74, 6) is -1.04. The van der Waals surface area contributed by atoms with Gasteiger partial charge in [0.05, 0.1) is 15.4 Å². The van der Waals surface area contributed by atoms with Gasteiger partial charge in [-0.1, -0.05) is 6.42 Å². The maximum absolute atomic E-state index is 13.4. The average Bonchev–Trinajstić information content (AvgIpc) is 2.83. The summed E-state index contributed by atoms with van der Waals surface area (Å²) in [6.45, 7) is 2.11. The van der Waals surface area contributed by atoms with Crippen LogP contribution in [0.5, 0.6) is 0 Å². The third-order valence-corrected chi connectivity index (χ3v) is 10.8. The van der Waals surface area contributed by atoms with Crippen molar-refractivity contribution in [3.63, 3.8) is 0 Å². The second-order valence-corrected chi connectivity index (χ2v) is 13.1. The Hall–Kier alpha value is -1.91. The molecule has 30 heavy (non-hydrogen) atoms. The van der Waals surface area contributed by atoms with Crippen molar-refractivity contribution in [3.05, 3.63) is 29.5 Å². The number of carboxylic acids is 1. The highest BCUT2D eigenvalue weighted by Gasteiger charge is 2.55. The van der Waals surface area contributed by atoms with E-state index in [1.165, 1.54) is 26.0 Å². The molecule has 1 fully saturated rings. The van der Waals surface area contributed by atoms with Crippen LogP contribution >= 0.6 is 0 Å². The van der Waals surface area contributed by atoms with Gasteiger partial charge in [0.1, 0.15) is 17.4 Å². The van der Waals surface area contributed by atoms with Crippen molar-refractivity contribution in [2.45, 2.75) is 61.6 Å². The maximum atomic E-state index is 13.4. The molecule has 0 radical (unpaired) electrons. The number of carboxylic acid groups (broad SMARTS) is 1. The minimum atomic E-state index is -4.25. The molecule has 1 atom stereocenters. The summed E-state index contributed by atoms with van der Waals surface area (Å²) in [6.07, 6.45) is 4.90. The van der Waals surface area contributed by atoms with Crippen LogP contribution in [0.25, 0.3) is 11.0 Å². The fourth-order valence-electron chi connectivity index (χ4n) is 4.52. The summed E-state index contributed by atoms with van der Waals surface area (Å²) >= 11 is 0. The first kappa shape index (κ1) is 21.3. The normalized spacial score (nSPS) is 24.3. The van der Waals surface area contributed by atoms with Gasteiger partial charge >= 0.3 is 5.97 Å². The summed E-state index contributed by atoms with van der Waals surface area (Å²) in [5, 5.41) is 10.6. The molecule has 1 aromatic carbocycles. The number of rotatable bonds is 3. The molecule has 0 saturated carbocycles. The monoisotopic (exact) mass is 455 g/mol. The van der Waals surface area contributed by atoms with Crippen molar-refractivity contribution in [2.75, 3.05) is 12.3 Å². The Labute approximate surface area is 175 Å². The Morgan fingerprint density at radius 3 is 2.60 bits per heavy atom. The zero-order valence-electron chi connectivity index (χ0n) is 16.9. The van der Waals surface area contributed by atoms with Gasteiger partial charge in [-0.05, 0) is 45.2 Å². The second kappa shape index (κ2) is 7.06. The van der Waals surface area contributed by atoms with E-state index in [0.717, 1.165) is 53.1 Å². The molecule has 0 spiro atoms. The Bertz CT molecular complexity index is 1230. The maximum Gasteiger partial charge on any atom is 0.323 e. The number of nitrogens with zero attached hydrogens (tertiary/aromatic N) is 1. The molecule has 1 aromatic heterocycles. The molecule has 164 valence electrons. The van der Waals surface area contributed by atoms with Gasteiger partial charge in [-0.25, -0.2) is 16.8 Å². The number of sulfone groups is 1. The minimum Gasteiger partial charge on any atom is -0.480 e. The largest absolute Gasteiger partial charge is 0.480 e. The molecule has 0 bridgehead atoms. The fraction of sp³-hybridized carbons (Fsp3) is 0.550. The molecule has 1 unspecified atom stereocenters. The summed E-state index contributed by atoms with van der Waals surface area (Å²) in [4.78, 5) is 11.8. The van der Waals surface area contributed by atoms with Crippen LogP contribution in [-0.4, -0.2) is 55.3 Å². The Morgan fingerprint density at radius 1 is 1.20 bits per heavy atom. The molecule has 1 saturated heterocycles. The molecule has 2 aliphatic rings. The first-order valence-corrected chi connectivity index (χ1v) is 13.1. The van der Waals surface area contributed by atoms with Crippen molar-refractivity contribution in [2.24, 2.45) is 0 Å². The highest BCUT2D eigenvalue weighted by atomic mass is 32.2. The zero-order valence-corrected chi connectivity index (χ0v) is 18.6. The predicted molar refractivity (Wildman–Crippen MR) is 111 cm³/mol. The van der Waals surface area contributed by atoms with Crippen molar-refractivity contribution in [1.29, 1.82) is 0 Å². The quantitative estimate of drug-likeness (QED) is 0.705. The third kappa shape index (κ3) is 3.16. The van der Waals surface area contributed by atoms with Gasteiger partial charge in [0.2, 0.25) is 10.0 Å². The first-order chi connectivity index (χ1) is 14.0. The lowest BCUT2D eigenvalue weighted by atomic mass is 10.0. The number of fused-ring (bicyclic) bond motifs is 3. The SMILES string of the molecule is CC1(C)C(C(=O)O)N(S(=O)(=O)c2ccc3c4c(oc3c2)CCCCC4)CCS1(=O)=O. The number of benzene rings is 1. The van der Waals surface area contributed by atoms with E-state index in [-0.39, 0.29) is 4.90 Å². The topological polar surface area (TPSA) is 122 Å². The van der Waals surface area contributed by atoms with Gasteiger partial charge < -0.3 is 9.52 Å². The second-order valence-electron chi connectivity index (χ2n) is 8.50. The minimum absolute atomic E-state index is 0.0970. The van der Waals surface area contributed by atoms with Crippen LogP contribution in [0.3, 0.4) is 0 Å². The Kier molecular flexibility index (Phi) is 5.02. The van der Waals surface area contributed by atoms with E-state index in [1.807, 2.05) is 0 Å². The fourth-order valence-corrected chi connectivity index (χ4v) is 7.96. The number of carbonyl (C=O) groups is 1. The van der Waals surface area contributed by atoms with Gasteiger partial charge in [0.15, 0.2) is 9.84 Å². The molecule has 0 amide bonds. The van der Waals surface area contributed by atoms with Gasteiger partial charge in [0, 0.05) is 30.0 Å².